The zero-order valence-corrected chi connectivity index (χ0v) is 14.4. The summed E-state index contributed by atoms with van der Waals surface area (Å²) in [6, 6.07) is 3.60. The molecule has 1 N–H and O–H groups in total. The van der Waals surface area contributed by atoms with Gasteiger partial charge in [0.25, 0.3) is 0 Å². The normalized spacial score (nSPS) is 25.9. The Morgan fingerprint density at radius 3 is 2.52 bits per heavy atom. The first kappa shape index (κ1) is 16.9. The maximum absolute atomic E-state index is 6.17. The molecule has 0 aromatic heterocycles. The molecular weight excluding hydrogens is 309 g/mol. The highest BCUT2D eigenvalue weighted by atomic mass is 35.5. The van der Waals surface area contributed by atoms with E-state index in [4.69, 9.17) is 32.7 Å². The lowest BCUT2D eigenvalue weighted by Crippen LogP contribution is -3.15. The smallest absolute Gasteiger partial charge is 0.140 e. The van der Waals surface area contributed by atoms with Gasteiger partial charge in [0.05, 0.1) is 18.2 Å². The molecule has 1 aromatic carbocycles. The van der Waals surface area contributed by atoms with Gasteiger partial charge in [0.2, 0.25) is 0 Å². The second-order valence-corrected chi connectivity index (χ2v) is 6.74. The molecule has 3 nitrogen and oxygen atoms in total. The molecule has 0 aliphatic carbocycles. The molecule has 0 bridgehead atoms. The molecule has 1 aromatic rings. The molecule has 2 atom stereocenters. The summed E-state index contributed by atoms with van der Waals surface area (Å²) in [5.41, 5.74) is 0.980. The molecule has 118 valence electrons. The quantitative estimate of drug-likeness (QED) is 0.838. The third-order valence-corrected chi connectivity index (χ3v) is 4.23. The van der Waals surface area contributed by atoms with E-state index in [-0.39, 0.29) is 0 Å². The third kappa shape index (κ3) is 5.03. The average molecular weight is 333 g/mol. The average Bonchev–Trinajstić information content (AvgIpc) is 2.35. The highest BCUT2D eigenvalue weighted by Gasteiger charge is 2.24. The summed E-state index contributed by atoms with van der Waals surface area (Å²) >= 11 is 12.1. The molecule has 1 saturated heterocycles. The van der Waals surface area contributed by atoms with Gasteiger partial charge in [-0.1, -0.05) is 23.2 Å². The topological polar surface area (TPSA) is 22.9 Å². The predicted molar refractivity (Wildman–Crippen MR) is 86.9 cm³/mol. The number of hydrogen-bond acceptors (Lipinski definition) is 2. The molecule has 0 spiro atoms. The van der Waals surface area contributed by atoms with E-state index in [1.807, 2.05) is 13.0 Å². The van der Waals surface area contributed by atoms with Crippen LogP contribution in [-0.2, 0) is 4.74 Å². The van der Waals surface area contributed by atoms with Crippen molar-refractivity contribution in [3.63, 3.8) is 0 Å². The van der Waals surface area contributed by atoms with Crippen molar-refractivity contribution in [2.24, 2.45) is 0 Å². The Morgan fingerprint density at radius 1 is 1.24 bits per heavy atom. The van der Waals surface area contributed by atoms with Gasteiger partial charge in [-0.25, -0.2) is 0 Å². The van der Waals surface area contributed by atoms with Crippen molar-refractivity contribution in [3.8, 4) is 5.75 Å². The van der Waals surface area contributed by atoms with Gasteiger partial charge in [-0.05, 0) is 38.5 Å². The zero-order valence-electron chi connectivity index (χ0n) is 12.9. The maximum Gasteiger partial charge on any atom is 0.140 e. The molecule has 0 amide bonds. The first-order chi connectivity index (χ1) is 9.95. The van der Waals surface area contributed by atoms with Crippen LogP contribution < -0.4 is 9.64 Å². The molecular formula is C16H24Cl2NO2+. The minimum atomic E-state index is 0.345. The fourth-order valence-electron chi connectivity index (χ4n) is 2.96. The summed E-state index contributed by atoms with van der Waals surface area (Å²) < 4.78 is 11.6. The first-order valence-corrected chi connectivity index (χ1v) is 8.28. The fourth-order valence-corrected chi connectivity index (χ4v) is 3.61. The van der Waals surface area contributed by atoms with Gasteiger partial charge >= 0.3 is 0 Å². The van der Waals surface area contributed by atoms with E-state index in [1.165, 1.54) is 0 Å². The van der Waals surface area contributed by atoms with E-state index < -0.39 is 0 Å². The SMILES string of the molecule is Cc1cc(Cl)cc(Cl)c1OCCC[NH+]1C[C@@H](C)O[C@H](C)C1. The van der Waals surface area contributed by atoms with Crippen LogP contribution in [-0.4, -0.2) is 38.4 Å². The van der Waals surface area contributed by atoms with E-state index in [0.717, 1.165) is 37.4 Å². The Kier molecular flexibility index (Phi) is 6.18. The van der Waals surface area contributed by atoms with Gasteiger partial charge in [-0.2, -0.15) is 0 Å². The Labute approximate surface area is 137 Å². The number of rotatable bonds is 5. The summed E-state index contributed by atoms with van der Waals surface area (Å²) in [6.07, 6.45) is 1.70. The van der Waals surface area contributed by atoms with Crippen LogP contribution in [0.15, 0.2) is 12.1 Å². The lowest BCUT2D eigenvalue weighted by molar-refractivity contribution is -0.915. The van der Waals surface area contributed by atoms with Crippen molar-refractivity contribution in [1.82, 2.24) is 0 Å². The largest absolute Gasteiger partial charge is 0.492 e. The monoisotopic (exact) mass is 332 g/mol. The molecule has 1 heterocycles. The molecule has 0 saturated carbocycles. The number of nitrogens with one attached hydrogen (secondary N) is 1. The highest BCUT2D eigenvalue weighted by molar-refractivity contribution is 6.35. The minimum Gasteiger partial charge on any atom is -0.492 e. The Balaban J connectivity index is 1.77. The van der Waals surface area contributed by atoms with Crippen molar-refractivity contribution in [2.75, 3.05) is 26.2 Å². The summed E-state index contributed by atoms with van der Waals surface area (Å²) in [4.78, 5) is 1.59. The van der Waals surface area contributed by atoms with E-state index in [2.05, 4.69) is 13.8 Å². The lowest BCUT2D eigenvalue weighted by Gasteiger charge is -2.32. The van der Waals surface area contributed by atoms with Crippen LogP contribution >= 0.6 is 23.2 Å². The molecule has 21 heavy (non-hydrogen) atoms. The highest BCUT2D eigenvalue weighted by Crippen LogP contribution is 2.31. The fraction of sp³-hybridized carbons (Fsp3) is 0.625. The second-order valence-electron chi connectivity index (χ2n) is 5.90. The molecule has 1 aliphatic rings. The van der Waals surface area contributed by atoms with E-state index in [9.17, 15) is 0 Å². The van der Waals surface area contributed by atoms with Crippen LogP contribution in [0.3, 0.4) is 0 Å². The van der Waals surface area contributed by atoms with Crippen LogP contribution in [0.1, 0.15) is 25.8 Å². The van der Waals surface area contributed by atoms with Gasteiger partial charge in [0.15, 0.2) is 0 Å². The Morgan fingerprint density at radius 2 is 1.90 bits per heavy atom. The lowest BCUT2D eigenvalue weighted by atomic mass is 10.2. The van der Waals surface area contributed by atoms with Gasteiger partial charge < -0.3 is 14.4 Å². The van der Waals surface area contributed by atoms with Crippen LogP contribution in [0.4, 0.5) is 0 Å². The van der Waals surface area contributed by atoms with Crippen molar-refractivity contribution in [3.05, 3.63) is 27.7 Å². The number of quaternary nitrogens is 1. The van der Waals surface area contributed by atoms with E-state index in [1.54, 1.807) is 11.0 Å². The maximum atomic E-state index is 6.17. The summed E-state index contributed by atoms with van der Waals surface area (Å²) in [5, 5.41) is 1.23. The van der Waals surface area contributed by atoms with Crippen LogP contribution in [0.5, 0.6) is 5.75 Å². The summed E-state index contributed by atoms with van der Waals surface area (Å²) in [7, 11) is 0. The van der Waals surface area contributed by atoms with Gasteiger partial charge in [0.1, 0.15) is 31.0 Å². The number of benzene rings is 1. The zero-order chi connectivity index (χ0) is 15.4. The second kappa shape index (κ2) is 7.68. The molecule has 1 fully saturated rings. The van der Waals surface area contributed by atoms with Crippen molar-refractivity contribution in [2.45, 2.75) is 39.4 Å². The van der Waals surface area contributed by atoms with Crippen LogP contribution in [0.25, 0.3) is 0 Å². The molecule has 5 heteroatoms. The molecule has 0 unspecified atom stereocenters. The standard InChI is InChI=1S/C16H23Cl2NO2/c1-11-7-14(17)8-15(18)16(11)20-6-4-5-19-9-12(2)21-13(3)10-19/h7-8,12-13H,4-6,9-10H2,1-3H3/p+1/t12-,13-/m1/s1. The molecule has 0 radical (unpaired) electrons. The van der Waals surface area contributed by atoms with Crippen molar-refractivity contribution in [1.29, 1.82) is 0 Å². The Hall–Kier alpha value is -0.480. The van der Waals surface area contributed by atoms with E-state index >= 15 is 0 Å². The number of halogens is 2. The number of ether oxygens (including phenoxy) is 2. The Bertz CT molecular complexity index is 448. The molecule has 2 rings (SSSR count). The summed E-state index contributed by atoms with van der Waals surface area (Å²) in [5.74, 6) is 0.750. The van der Waals surface area contributed by atoms with Crippen molar-refractivity contribution >= 4 is 23.2 Å². The summed E-state index contributed by atoms with van der Waals surface area (Å²) in [6.45, 7) is 10.2. The minimum absolute atomic E-state index is 0.345. The number of aryl methyl sites for hydroxylation is 1. The number of hydrogen-bond donors (Lipinski definition) is 1. The van der Waals surface area contributed by atoms with Gasteiger partial charge in [-0.3, -0.25) is 0 Å². The predicted octanol–water partition coefficient (Wildman–Crippen LogP) is 2.76. The first-order valence-electron chi connectivity index (χ1n) is 7.53. The van der Waals surface area contributed by atoms with Crippen molar-refractivity contribution < 1.29 is 14.4 Å². The van der Waals surface area contributed by atoms with Crippen LogP contribution in [0, 0.1) is 6.92 Å². The third-order valence-electron chi connectivity index (χ3n) is 3.73. The van der Waals surface area contributed by atoms with E-state index in [0.29, 0.717) is 28.9 Å². The molecule has 1 aliphatic heterocycles. The van der Waals surface area contributed by atoms with Crippen LogP contribution in [0.2, 0.25) is 10.0 Å². The number of morpholine rings is 1. The van der Waals surface area contributed by atoms with Gasteiger partial charge in [0, 0.05) is 11.4 Å². The van der Waals surface area contributed by atoms with Gasteiger partial charge in [-0.15, -0.1) is 0 Å².